The van der Waals surface area contributed by atoms with Crippen molar-refractivity contribution in [1.29, 1.82) is 0 Å². The Hall–Kier alpha value is -3.73. The first-order valence-electron chi connectivity index (χ1n) is 16.7. The minimum Gasteiger partial charge on any atom is -0.506 e. The van der Waals surface area contributed by atoms with Crippen LogP contribution in [0, 0.1) is 11.8 Å². The van der Waals surface area contributed by atoms with Crippen molar-refractivity contribution >= 4 is 24.1 Å². The number of hydrogen-bond acceptors (Lipinski definition) is 10. The summed E-state index contributed by atoms with van der Waals surface area (Å²) in [5, 5.41) is 23.9. The number of carbonyl (C=O) groups is 3. The van der Waals surface area contributed by atoms with E-state index in [-0.39, 0.29) is 57.5 Å². The van der Waals surface area contributed by atoms with Gasteiger partial charge in [0.05, 0.1) is 22.3 Å². The van der Waals surface area contributed by atoms with Gasteiger partial charge in [-0.2, -0.15) is 0 Å². The molecule has 3 fully saturated rings. The quantitative estimate of drug-likeness (QED) is 0.141. The number of allylic oxidation sites excluding steroid dienone is 4. The number of carbonyl (C=O) groups excluding carboxylic acids is 3. The molecule has 1 saturated carbocycles. The summed E-state index contributed by atoms with van der Waals surface area (Å²) in [4.78, 5) is 40.3. The van der Waals surface area contributed by atoms with Gasteiger partial charge in [-0.15, -0.1) is 0 Å². The molecular weight excluding hydrogens is 616 g/mol. The fourth-order valence-corrected chi connectivity index (χ4v) is 8.82. The minimum absolute atomic E-state index is 0.0306. The number of aliphatic hydroxyl groups excluding tert-OH is 1. The van der Waals surface area contributed by atoms with E-state index >= 15 is 0 Å². The summed E-state index contributed by atoms with van der Waals surface area (Å²) in [5.41, 5.74) is -3.84. The molecule has 2 saturated heterocycles. The molecular formula is C38H44O10. The molecule has 2 N–H and O–H groups in total. The zero-order valence-corrected chi connectivity index (χ0v) is 28.8. The average molecular weight is 661 g/mol. The van der Waals surface area contributed by atoms with Gasteiger partial charge in [-0.3, -0.25) is 14.4 Å². The summed E-state index contributed by atoms with van der Waals surface area (Å²) >= 11 is 0. The van der Waals surface area contributed by atoms with Crippen molar-refractivity contribution < 1.29 is 48.3 Å². The van der Waals surface area contributed by atoms with E-state index in [2.05, 4.69) is 6.08 Å². The number of phenolic OH excluding ortho intramolecular Hbond substituents is 1. The molecule has 256 valence electrons. The Kier molecular flexibility index (Phi) is 7.10. The summed E-state index contributed by atoms with van der Waals surface area (Å²) in [6.45, 7) is 15.4. The SMILES string of the molecule is CC(C)=CCC[C@]1(C)C=Cc2c(O)c3c(c(C(O)C4OC4(C)C)c2O1)O[C@]12C(=C[C@@H]4CC1C(C)(C)OC2(CC=C(C)OC=O)C4=O)C3=O. The predicted octanol–water partition coefficient (Wildman–Crippen LogP) is 5.99. The van der Waals surface area contributed by atoms with Crippen LogP contribution in [0.5, 0.6) is 17.2 Å². The van der Waals surface area contributed by atoms with E-state index in [1.54, 1.807) is 25.2 Å². The Bertz CT molecular complexity index is 1770. The van der Waals surface area contributed by atoms with E-state index in [0.717, 1.165) is 6.42 Å². The van der Waals surface area contributed by atoms with Gasteiger partial charge in [-0.05, 0) is 92.9 Å². The fourth-order valence-electron chi connectivity index (χ4n) is 8.82. The van der Waals surface area contributed by atoms with Gasteiger partial charge in [0.1, 0.15) is 46.4 Å². The number of ether oxygens (including phenoxy) is 5. The Morgan fingerprint density at radius 2 is 1.77 bits per heavy atom. The van der Waals surface area contributed by atoms with Crippen molar-refractivity contribution in [3.05, 3.63) is 57.9 Å². The van der Waals surface area contributed by atoms with E-state index < -0.39 is 57.8 Å². The molecule has 4 heterocycles. The molecule has 0 amide bonds. The highest BCUT2D eigenvalue weighted by molar-refractivity contribution is 6.19. The number of epoxide rings is 1. The number of fused-ring (bicyclic) bond motifs is 2. The molecule has 10 heteroatoms. The molecule has 0 aromatic heterocycles. The lowest BCUT2D eigenvalue weighted by atomic mass is 9.51. The molecule has 4 aliphatic heterocycles. The normalized spacial score (nSPS) is 35.0. The van der Waals surface area contributed by atoms with Gasteiger partial charge >= 0.3 is 0 Å². The summed E-state index contributed by atoms with van der Waals surface area (Å²) in [6.07, 6.45) is 8.76. The molecule has 7 aliphatic rings. The van der Waals surface area contributed by atoms with Crippen molar-refractivity contribution in [3.8, 4) is 17.2 Å². The van der Waals surface area contributed by atoms with Crippen molar-refractivity contribution in [2.24, 2.45) is 11.8 Å². The number of benzene rings is 1. The highest BCUT2D eigenvalue weighted by atomic mass is 16.6. The second-order valence-corrected chi connectivity index (χ2v) is 15.6. The zero-order valence-electron chi connectivity index (χ0n) is 28.8. The zero-order chi connectivity index (χ0) is 34.8. The fraction of sp³-hybridized carbons (Fsp3) is 0.553. The van der Waals surface area contributed by atoms with Crippen molar-refractivity contribution in [2.45, 2.75) is 121 Å². The lowest BCUT2D eigenvalue weighted by Crippen LogP contribution is -2.72. The number of Topliss-reactive ketones (excluding diaryl/α,β-unsaturated/α-hetero) is 2. The summed E-state index contributed by atoms with van der Waals surface area (Å²) in [5.74, 6) is -1.67. The molecule has 1 spiro atoms. The van der Waals surface area contributed by atoms with E-state index in [9.17, 15) is 24.6 Å². The largest absolute Gasteiger partial charge is 0.506 e. The van der Waals surface area contributed by atoms with Crippen LogP contribution in [0.25, 0.3) is 6.08 Å². The van der Waals surface area contributed by atoms with Crippen LogP contribution in [-0.4, -0.2) is 62.4 Å². The predicted molar refractivity (Wildman–Crippen MR) is 175 cm³/mol. The Balaban J connectivity index is 1.46. The van der Waals surface area contributed by atoms with Crippen LogP contribution < -0.4 is 9.47 Å². The highest BCUT2D eigenvalue weighted by Gasteiger charge is 2.81. The molecule has 7 atom stereocenters. The van der Waals surface area contributed by atoms with Crippen molar-refractivity contribution in [2.75, 3.05) is 0 Å². The van der Waals surface area contributed by atoms with Gasteiger partial charge in [0.2, 0.25) is 0 Å². The maximum absolute atomic E-state index is 14.8. The highest BCUT2D eigenvalue weighted by Crippen LogP contribution is 2.69. The van der Waals surface area contributed by atoms with Crippen LogP contribution in [-0.2, 0) is 23.8 Å². The number of ketones is 2. The van der Waals surface area contributed by atoms with Crippen LogP contribution in [0.3, 0.4) is 0 Å². The van der Waals surface area contributed by atoms with Gasteiger partial charge in [0.25, 0.3) is 6.47 Å². The number of aromatic hydroxyl groups is 1. The summed E-state index contributed by atoms with van der Waals surface area (Å²) < 4.78 is 31.5. The van der Waals surface area contributed by atoms with Gasteiger partial charge in [0.15, 0.2) is 22.8 Å². The molecule has 10 nitrogen and oxygen atoms in total. The van der Waals surface area contributed by atoms with E-state index in [1.165, 1.54) is 5.57 Å². The lowest BCUT2D eigenvalue weighted by molar-refractivity contribution is -0.171. The molecule has 0 radical (unpaired) electrons. The van der Waals surface area contributed by atoms with Gasteiger partial charge in [0, 0.05) is 23.8 Å². The minimum atomic E-state index is -1.66. The van der Waals surface area contributed by atoms with Crippen LogP contribution in [0.2, 0.25) is 0 Å². The summed E-state index contributed by atoms with van der Waals surface area (Å²) in [7, 11) is 0. The number of aliphatic hydroxyl groups is 1. The molecule has 4 bridgehead atoms. The standard InChI is InChI=1S/C38H44O10/c1-19(2)10-9-13-36(8)14-12-22-27(40)25-28(41)23-16-21-17-24-34(4,5)48-37(32(21)43,15-11-20(3)44-18-39)38(23,24)46-31(25)26(30(22)45-36)29(42)33-35(6,7)47-33/h10-12,14,16,18,21,24,29,33,40,42H,9,13,15,17H2,1-8H3/t21-,24?,29?,33?,36-,37?,38-/m1/s1. The van der Waals surface area contributed by atoms with Crippen LogP contribution in [0.4, 0.5) is 0 Å². The smallest absolute Gasteiger partial charge is 0.298 e. The number of phenols is 1. The topological polar surface area (TPSA) is 141 Å². The first kappa shape index (κ1) is 32.8. The average Bonchev–Trinajstić information content (AvgIpc) is 3.60. The summed E-state index contributed by atoms with van der Waals surface area (Å²) in [6, 6.07) is 0. The van der Waals surface area contributed by atoms with Crippen LogP contribution in [0.15, 0.2) is 41.2 Å². The second kappa shape index (κ2) is 10.4. The second-order valence-electron chi connectivity index (χ2n) is 15.6. The van der Waals surface area contributed by atoms with E-state index in [1.807, 2.05) is 54.5 Å². The molecule has 4 unspecified atom stereocenters. The van der Waals surface area contributed by atoms with Crippen molar-refractivity contribution in [3.63, 3.8) is 0 Å². The van der Waals surface area contributed by atoms with E-state index in [4.69, 9.17) is 23.7 Å². The molecule has 3 aliphatic carbocycles. The van der Waals surface area contributed by atoms with Crippen LogP contribution >= 0.6 is 0 Å². The molecule has 1 aromatic carbocycles. The third-order valence-corrected chi connectivity index (χ3v) is 11.2. The maximum atomic E-state index is 14.8. The molecule has 48 heavy (non-hydrogen) atoms. The van der Waals surface area contributed by atoms with Gasteiger partial charge < -0.3 is 33.9 Å². The van der Waals surface area contributed by atoms with Gasteiger partial charge in [-0.1, -0.05) is 17.7 Å². The first-order valence-corrected chi connectivity index (χ1v) is 16.7. The number of rotatable bonds is 9. The third-order valence-electron chi connectivity index (χ3n) is 11.2. The Morgan fingerprint density at radius 3 is 2.42 bits per heavy atom. The maximum Gasteiger partial charge on any atom is 0.298 e. The van der Waals surface area contributed by atoms with Gasteiger partial charge in [-0.25, -0.2) is 0 Å². The monoisotopic (exact) mass is 660 g/mol. The molecule has 8 rings (SSSR count). The third kappa shape index (κ3) is 4.38. The Morgan fingerprint density at radius 1 is 1.06 bits per heavy atom. The molecule has 1 aromatic rings. The lowest BCUT2D eigenvalue weighted by Gasteiger charge is -2.56. The Labute approximate surface area is 280 Å². The van der Waals surface area contributed by atoms with Crippen molar-refractivity contribution in [1.82, 2.24) is 0 Å². The van der Waals surface area contributed by atoms with Crippen LogP contribution in [0.1, 0.15) is 109 Å². The first-order chi connectivity index (χ1) is 22.4. The number of hydrogen-bond donors (Lipinski definition) is 2. The van der Waals surface area contributed by atoms with E-state index in [0.29, 0.717) is 19.3 Å².